The van der Waals surface area contributed by atoms with Crippen molar-refractivity contribution in [3.8, 4) is 17.1 Å². The van der Waals surface area contributed by atoms with Gasteiger partial charge in [0.1, 0.15) is 5.82 Å². The highest BCUT2D eigenvalue weighted by atomic mass is 32.1. The van der Waals surface area contributed by atoms with Crippen LogP contribution >= 0.6 is 11.3 Å². The second-order valence-corrected chi connectivity index (χ2v) is 5.66. The molecule has 2 heterocycles. The molecule has 0 amide bonds. The minimum Gasteiger partial charge on any atom is -0.390 e. The van der Waals surface area contributed by atoms with Crippen LogP contribution in [0.5, 0.6) is 0 Å². The zero-order chi connectivity index (χ0) is 13.4. The van der Waals surface area contributed by atoms with Crippen molar-refractivity contribution in [1.82, 2.24) is 14.8 Å². The number of hydrogen-bond acceptors (Lipinski definition) is 4. The molecule has 5 heteroatoms. The lowest BCUT2D eigenvalue weighted by atomic mass is 10.2. The number of benzene rings is 1. The van der Waals surface area contributed by atoms with Crippen molar-refractivity contribution in [3.05, 3.63) is 47.1 Å². The number of para-hydroxylation sites is 1. The number of rotatable bonds is 2. The minimum absolute atomic E-state index is 0.780. The quantitative estimate of drug-likeness (QED) is 0.778. The smallest absolute Gasteiger partial charge is 0.171 e. The molecule has 0 spiro atoms. The van der Waals surface area contributed by atoms with Crippen LogP contribution < -0.4 is 5.73 Å². The molecule has 0 saturated carbocycles. The first kappa shape index (κ1) is 11.9. The number of nitrogen functional groups attached to an aromatic ring is 1. The molecule has 0 radical (unpaired) electrons. The molecule has 2 N–H and O–H groups in total. The molecule has 0 saturated heterocycles. The molecule has 19 heavy (non-hydrogen) atoms. The Labute approximate surface area is 115 Å². The Kier molecular flexibility index (Phi) is 2.83. The average molecular weight is 270 g/mol. The summed E-state index contributed by atoms with van der Waals surface area (Å²) in [6, 6.07) is 12.1. The lowest BCUT2D eigenvalue weighted by molar-refractivity contribution is 0.972. The number of aryl methyl sites for hydroxylation is 2. The van der Waals surface area contributed by atoms with Crippen LogP contribution in [0.15, 0.2) is 36.4 Å². The molecule has 0 aliphatic carbocycles. The summed E-state index contributed by atoms with van der Waals surface area (Å²) in [5.41, 5.74) is 8.06. The molecule has 3 rings (SSSR count). The van der Waals surface area contributed by atoms with Gasteiger partial charge in [-0.15, -0.1) is 21.5 Å². The zero-order valence-electron chi connectivity index (χ0n) is 10.8. The summed E-state index contributed by atoms with van der Waals surface area (Å²) in [5.74, 6) is 1.65. The summed E-state index contributed by atoms with van der Waals surface area (Å²) in [4.78, 5) is 1.17. The van der Waals surface area contributed by atoms with E-state index in [0.29, 0.717) is 0 Å². The van der Waals surface area contributed by atoms with Crippen LogP contribution in [-0.4, -0.2) is 14.8 Å². The van der Waals surface area contributed by atoms with Gasteiger partial charge in [-0.1, -0.05) is 18.2 Å². The normalized spacial score (nSPS) is 10.8. The molecule has 3 aromatic rings. The molecule has 0 unspecified atom stereocenters. The van der Waals surface area contributed by atoms with Gasteiger partial charge in [0.05, 0.1) is 10.6 Å². The first-order chi connectivity index (χ1) is 9.16. The third kappa shape index (κ3) is 2.02. The van der Waals surface area contributed by atoms with Crippen LogP contribution in [0.3, 0.4) is 0 Å². The summed E-state index contributed by atoms with van der Waals surface area (Å²) in [6.45, 7) is 3.99. The van der Waals surface area contributed by atoms with Crippen LogP contribution in [0.25, 0.3) is 17.1 Å². The van der Waals surface area contributed by atoms with Gasteiger partial charge >= 0.3 is 0 Å². The summed E-state index contributed by atoms with van der Waals surface area (Å²) in [5, 5.41) is 9.24. The highest BCUT2D eigenvalue weighted by Crippen LogP contribution is 2.33. The van der Waals surface area contributed by atoms with E-state index in [1.807, 2.05) is 48.7 Å². The SMILES string of the molecule is Cc1cc(-c2nnc(C)n2-c2ccccc2)c(N)s1. The van der Waals surface area contributed by atoms with E-state index < -0.39 is 0 Å². The Morgan fingerprint density at radius 1 is 1.11 bits per heavy atom. The number of anilines is 1. The standard InChI is InChI=1S/C14H14N4S/c1-9-8-12(13(15)19-9)14-17-16-10(2)18(14)11-6-4-3-5-7-11/h3-8H,15H2,1-2H3. The van der Waals surface area contributed by atoms with Crippen molar-refractivity contribution < 1.29 is 0 Å². The second-order valence-electron chi connectivity index (χ2n) is 4.38. The largest absolute Gasteiger partial charge is 0.390 e. The van der Waals surface area contributed by atoms with Crippen molar-refractivity contribution in [2.24, 2.45) is 0 Å². The Morgan fingerprint density at radius 3 is 2.47 bits per heavy atom. The van der Waals surface area contributed by atoms with E-state index in [9.17, 15) is 0 Å². The first-order valence-corrected chi connectivity index (χ1v) is 6.82. The topological polar surface area (TPSA) is 56.7 Å². The fourth-order valence-electron chi connectivity index (χ4n) is 2.13. The Hall–Kier alpha value is -2.14. The Balaban J connectivity index is 2.22. The zero-order valence-corrected chi connectivity index (χ0v) is 11.6. The highest BCUT2D eigenvalue weighted by molar-refractivity contribution is 7.16. The van der Waals surface area contributed by atoms with Crippen molar-refractivity contribution in [2.75, 3.05) is 5.73 Å². The van der Waals surface area contributed by atoms with Gasteiger partial charge in [0.25, 0.3) is 0 Å². The number of nitrogens with two attached hydrogens (primary N) is 1. The molecule has 0 aliphatic rings. The van der Waals surface area contributed by atoms with Crippen molar-refractivity contribution in [3.63, 3.8) is 0 Å². The van der Waals surface area contributed by atoms with E-state index in [4.69, 9.17) is 5.73 Å². The van der Waals surface area contributed by atoms with Crippen LogP contribution in [0, 0.1) is 13.8 Å². The highest BCUT2D eigenvalue weighted by Gasteiger charge is 2.16. The van der Waals surface area contributed by atoms with Crippen LogP contribution in [0.2, 0.25) is 0 Å². The molecule has 1 aromatic carbocycles. The lowest BCUT2D eigenvalue weighted by Crippen LogP contribution is -2.00. The van der Waals surface area contributed by atoms with Gasteiger partial charge < -0.3 is 5.73 Å². The molecule has 0 bridgehead atoms. The summed E-state index contributed by atoms with van der Waals surface area (Å²) in [6.07, 6.45) is 0. The van der Waals surface area contributed by atoms with Gasteiger partial charge in [-0.3, -0.25) is 4.57 Å². The molecule has 0 aliphatic heterocycles. The molecule has 96 valence electrons. The van der Waals surface area contributed by atoms with Gasteiger partial charge in [-0.25, -0.2) is 0 Å². The molecular weight excluding hydrogens is 256 g/mol. The molecule has 0 atom stereocenters. The monoisotopic (exact) mass is 270 g/mol. The Bertz CT molecular complexity index is 712. The summed E-state index contributed by atoms with van der Waals surface area (Å²) >= 11 is 1.57. The molecule has 2 aromatic heterocycles. The van der Waals surface area contributed by atoms with Crippen LogP contribution in [0.1, 0.15) is 10.7 Å². The van der Waals surface area contributed by atoms with Gasteiger partial charge in [0, 0.05) is 10.6 Å². The predicted molar refractivity (Wildman–Crippen MR) is 78.6 cm³/mol. The van der Waals surface area contributed by atoms with E-state index >= 15 is 0 Å². The lowest BCUT2D eigenvalue weighted by Gasteiger charge is -2.07. The second kappa shape index (κ2) is 4.51. The van der Waals surface area contributed by atoms with E-state index in [1.165, 1.54) is 4.88 Å². The van der Waals surface area contributed by atoms with Gasteiger partial charge in [0.15, 0.2) is 5.82 Å². The van der Waals surface area contributed by atoms with Crippen molar-refractivity contribution in [1.29, 1.82) is 0 Å². The van der Waals surface area contributed by atoms with E-state index in [2.05, 4.69) is 16.3 Å². The fourth-order valence-corrected chi connectivity index (χ4v) is 2.91. The third-order valence-corrected chi connectivity index (χ3v) is 3.84. The van der Waals surface area contributed by atoms with Crippen LogP contribution in [-0.2, 0) is 0 Å². The van der Waals surface area contributed by atoms with Gasteiger partial charge in [-0.05, 0) is 32.0 Å². The predicted octanol–water partition coefficient (Wildman–Crippen LogP) is 3.19. The van der Waals surface area contributed by atoms with Gasteiger partial charge in [0.2, 0.25) is 0 Å². The fraction of sp³-hybridized carbons (Fsp3) is 0.143. The number of hydrogen-bond donors (Lipinski definition) is 1. The molecule has 0 fully saturated rings. The maximum absolute atomic E-state index is 6.07. The van der Waals surface area contributed by atoms with Crippen molar-refractivity contribution >= 4 is 16.3 Å². The number of thiophene rings is 1. The average Bonchev–Trinajstić information content (AvgIpc) is 2.93. The third-order valence-electron chi connectivity index (χ3n) is 2.96. The number of nitrogens with zero attached hydrogens (tertiary/aromatic N) is 3. The maximum atomic E-state index is 6.07. The van der Waals surface area contributed by atoms with Crippen LogP contribution in [0.4, 0.5) is 5.00 Å². The van der Waals surface area contributed by atoms with Crippen molar-refractivity contribution in [2.45, 2.75) is 13.8 Å². The van der Waals surface area contributed by atoms with E-state index in [1.54, 1.807) is 11.3 Å². The number of aromatic nitrogens is 3. The van der Waals surface area contributed by atoms with Gasteiger partial charge in [-0.2, -0.15) is 0 Å². The first-order valence-electron chi connectivity index (χ1n) is 6.00. The van der Waals surface area contributed by atoms with E-state index in [0.717, 1.165) is 27.9 Å². The Morgan fingerprint density at radius 2 is 1.84 bits per heavy atom. The summed E-state index contributed by atoms with van der Waals surface area (Å²) < 4.78 is 2.03. The summed E-state index contributed by atoms with van der Waals surface area (Å²) in [7, 11) is 0. The van der Waals surface area contributed by atoms with E-state index in [-0.39, 0.29) is 0 Å². The molecular formula is C14H14N4S. The maximum Gasteiger partial charge on any atom is 0.171 e. The molecule has 4 nitrogen and oxygen atoms in total. The minimum atomic E-state index is 0.780.